The fraction of sp³-hybridized carbons (Fsp3) is 0.200. The van der Waals surface area contributed by atoms with Crippen molar-refractivity contribution in [3.05, 3.63) is 47.8 Å². The molecule has 1 heteroatoms. The van der Waals surface area contributed by atoms with E-state index in [-0.39, 0.29) is 0 Å². The second-order valence-corrected chi connectivity index (χ2v) is 3.30. The molecule has 0 nitrogen and oxygen atoms in total. The summed E-state index contributed by atoms with van der Waals surface area (Å²) >= 11 is 1.65. The lowest BCUT2D eigenvalue weighted by atomic mass is 10.4. The Morgan fingerprint density at radius 1 is 1.45 bits per heavy atom. The molecule has 0 aliphatic heterocycles. The van der Waals surface area contributed by atoms with Gasteiger partial charge in [0.1, 0.15) is 0 Å². The zero-order chi connectivity index (χ0) is 8.53. The molecule has 0 unspecified atom stereocenters. The van der Waals surface area contributed by atoms with Crippen LogP contribution < -0.4 is 0 Å². The van der Waals surface area contributed by atoms with Crippen LogP contribution in [-0.2, 0) is 0 Å². The molecule has 11 heavy (non-hydrogen) atoms. The van der Waals surface area contributed by atoms with E-state index in [0.717, 1.165) is 11.3 Å². The van der Waals surface area contributed by atoms with E-state index in [2.05, 4.69) is 30.7 Å². The topological polar surface area (TPSA) is 0 Å². The van der Waals surface area contributed by atoms with Gasteiger partial charge in [0.25, 0.3) is 0 Å². The molecule has 0 heterocycles. The first-order chi connectivity index (χ1) is 5.27. The molecule has 0 aromatic carbocycles. The largest absolute Gasteiger partial charge is 0.104 e. The molecule has 0 saturated carbocycles. The third-order valence-corrected chi connectivity index (χ3v) is 1.64. The standard InChI is InChI=1S/C10H14S/c1-4-5-6-7-8-9-11-10(2)3/h4-6,8-9H,1-2,7H2,3H3/b6-5-,9-8-. The number of thioether (sulfide) groups is 1. The van der Waals surface area contributed by atoms with Crippen molar-refractivity contribution in [1.29, 1.82) is 0 Å². The van der Waals surface area contributed by atoms with E-state index in [0.29, 0.717) is 0 Å². The number of rotatable bonds is 5. The molecular weight excluding hydrogens is 152 g/mol. The highest BCUT2D eigenvalue weighted by atomic mass is 32.2. The van der Waals surface area contributed by atoms with Gasteiger partial charge in [0.2, 0.25) is 0 Å². The minimum Gasteiger partial charge on any atom is -0.104 e. The monoisotopic (exact) mass is 166 g/mol. The summed E-state index contributed by atoms with van der Waals surface area (Å²) in [6.45, 7) is 9.34. The van der Waals surface area contributed by atoms with Crippen molar-refractivity contribution < 1.29 is 0 Å². The normalized spacial score (nSPS) is 11.0. The molecule has 0 aromatic heterocycles. The van der Waals surface area contributed by atoms with Crippen LogP contribution in [0, 0.1) is 0 Å². The van der Waals surface area contributed by atoms with E-state index in [1.807, 2.05) is 13.0 Å². The Morgan fingerprint density at radius 2 is 2.18 bits per heavy atom. The average Bonchev–Trinajstić information content (AvgIpc) is 1.96. The molecule has 0 radical (unpaired) electrons. The van der Waals surface area contributed by atoms with E-state index in [1.54, 1.807) is 17.8 Å². The summed E-state index contributed by atoms with van der Waals surface area (Å²) < 4.78 is 0. The summed E-state index contributed by atoms with van der Waals surface area (Å²) in [5.74, 6) is 0. The summed E-state index contributed by atoms with van der Waals surface area (Å²) in [5.41, 5.74) is 0. The molecule has 0 saturated heterocycles. The predicted octanol–water partition coefficient (Wildman–Crippen LogP) is 3.90. The van der Waals surface area contributed by atoms with Gasteiger partial charge in [-0.15, -0.1) is 11.8 Å². The Labute approximate surface area is 73.4 Å². The maximum Gasteiger partial charge on any atom is -0.0158 e. The molecule has 0 atom stereocenters. The highest BCUT2D eigenvalue weighted by Crippen LogP contribution is 2.12. The summed E-state index contributed by atoms with van der Waals surface area (Å²) in [5, 5.41) is 2.05. The molecule has 0 rings (SSSR count). The van der Waals surface area contributed by atoms with Crippen molar-refractivity contribution in [3.63, 3.8) is 0 Å². The van der Waals surface area contributed by atoms with E-state index in [9.17, 15) is 0 Å². The van der Waals surface area contributed by atoms with Crippen LogP contribution in [0.3, 0.4) is 0 Å². The SMILES string of the molecule is C=C/C=C\C/C=C\SC(=C)C. The zero-order valence-corrected chi connectivity index (χ0v) is 7.73. The van der Waals surface area contributed by atoms with Crippen molar-refractivity contribution in [2.75, 3.05) is 0 Å². The van der Waals surface area contributed by atoms with Crippen molar-refractivity contribution in [3.8, 4) is 0 Å². The third kappa shape index (κ3) is 9.31. The molecule has 0 spiro atoms. The van der Waals surface area contributed by atoms with Gasteiger partial charge in [-0.05, 0) is 23.7 Å². The van der Waals surface area contributed by atoms with E-state index in [1.165, 1.54) is 0 Å². The van der Waals surface area contributed by atoms with Gasteiger partial charge >= 0.3 is 0 Å². The van der Waals surface area contributed by atoms with E-state index in [4.69, 9.17) is 0 Å². The Morgan fingerprint density at radius 3 is 2.73 bits per heavy atom. The summed E-state index contributed by atoms with van der Waals surface area (Å²) in [6, 6.07) is 0. The summed E-state index contributed by atoms with van der Waals surface area (Å²) in [6.07, 6.45) is 8.84. The lowest BCUT2D eigenvalue weighted by molar-refractivity contribution is 1.40. The lowest BCUT2D eigenvalue weighted by Crippen LogP contribution is -1.57. The second kappa shape index (κ2) is 7.42. The summed E-state index contributed by atoms with van der Waals surface area (Å²) in [7, 11) is 0. The number of hydrogen-bond acceptors (Lipinski definition) is 1. The van der Waals surface area contributed by atoms with Crippen LogP contribution in [0.5, 0.6) is 0 Å². The molecular formula is C10H14S. The van der Waals surface area contributed by atoms with Gasteiger partial charge in [0.05, 0.1) is 0 Å². The van der Waals surface area contributed by atoms with Crippen LogP contribution in [0.15, 0.2) is 47.8 Å². The van der Waals surface area contributed by atoms with Crippen LogP contribution in [0.4, 0.5) is 0 Å². The molecule has 0 fully saturated rings. The average molecular weight is 166 g/mol. The predicted molar refractivity (Wildman–Crippen MR) is 55.5 cm³/mol. The first kappa shape index (κ1) is 10.3. The maximum atomic E-state index is 3.77. The Balaban J connectivity index is 3.37. The third-order valence-electron chi connectivity index (χ3n) is 0.910. The van der Waals surface area contributed by atoms with Crippen LogP contribution in [0.1, 0.15) is 13.3 Å². The van der Waals surface area contributed by atoms with Crippen LogP contribution in [-0.4, -0.2) is 0 Å². The van der Waals surface area contributed by atoms with Crippen molar-refractivity contribution in [2.45, 2.75) is 13.3 Å². The fourth-order valence-corrected chi connectivity index (χ4v) is 0.913. The zero-order valence-electron chi connectivity index (χ0n) is 6.92. The van der Waals surface area contributed by atoms with E-state index < -0.39 is 0 Å². The van der Waals surface area contributed by atoms with Gasteiger partial charge in [0, 0.05) is 0 Å². The van der Waals surface area contributed by atoms with Gasteiger partial charge < -0.3 is 0 Å². The quantitative estimate of drug-likeness (QED) is 0.558. The number of allylic oxidation sites excluding steroid dienone is 5. The first-order valence-electron chi connectivity index (χ1n) is 3.52. The molecule has 0 aliphatic rings. The molecule has 0 bridgehead atoms. The van der Waals surface area contributed by atoms with Crippen molar-refractivity contribution in [1.82, 2.24) is 0 Å². The Kier molecular flexibility index (Phi) is 6.95. The number of hydrogen-bond donors (Lipinski definition) is 0. The minimum absolute atomic E-state index is 0.965. The first-order valence-corrected chi connectivity index (χ1v) is 4.40. The van der Waals surface area contributed by atoms with Gasteiger partial charge in [-0.2, -0.15) is 0 Å². The van der Waals surface area contributed by atoms with Crippen LogP contribution >= 0.6 is 11.8 Å². The van der Waals surface area contributed by atoms with Crippen LogP contribution in [0.2, 0.25) is 0 Å². The summed E-state index contributed by atoms with van der Waals surface area (Å²) in [4.78, 5) is 1.12. The highest BCUT2D eigenvalue weighted by Gasteiger charge is 1.76. The molecule has 0 amide bonds. The fourth-order valence-electron chi connectivity index (χ4n) is 0.473. The van der Waals surface area contributed by atoms with E-state index >= 15 is 0 Å². The van der Waals surface area contributed by atoms with Gasteiger partial charge in [-0.25, -0.2) is 0 Å². The van der Waals surface area contributed by atoms with Gasteiger partial charge in [-0.1, -0.05) is 37.5 Å². The van der Waals surface area contributed by atoms with Crippen molar-refractivity contribution >= 4 is 11.8 Å². The Hall–Kier alpha value is -0.690. The molecule has 0 aliphatic carbocycles. The lowest BCUT2D eigenvalue weighted by Gasteiger charge is -1.87. The van der Waals surface area contributed by atoms with Crippen molar-refractivity contribution in [2.24, 2.45) is 0 Å². The minimum atomic E-state index is 0.965. The molecule has 0 aromatic rings. The second-order valence-electron chi connectivity index (χ2n) is 2.09. The smallest absolute Gasteiger partial charge is 0.0158 e. The van der Waals surface area contributed by atoms with Gasteiger partial charge in [0.15, 0.2) is 0 Å². The highest BCUT2D eigenvalue weighted by molar-refractivity contribution is 8.05. The maximum absolute atomic E-state index is 3.77. The van der Waals surface area contributed by atoms with Gasteiger partial charge in [-0.3, -0.25) is 0 Å². The van der Waals surface area contributed by atoms with Crippen LogP contribution in [0.25, 0.3) is 0 Å². The molecule has 0 N–H and O–H groups in total. The molecule has 60 valence electrons. The Bertz CT molecular complexity index is 175.